The van der Waals surface area contributed by atoms with Gasteiger partial charge in [0.05, 0.1) is 24.2 Å². The molecule has 0 bridgehead atoms. The minimum absolute atomic E-state index is 0.0165. The first kappa shape index (κ1) is 15.0. The Morgan fingerprint density at radius 1 is 1.29 bits per heavy atom. The fourth-order valence-corrected chi connectivity index (χ4v) is 3.26. The summed E-state index contributed by atoms with van der Waals surface area (Å²) in [6.45, 7) is 2.48. The molecule has 0 amide bonds. The minimum Gasteiger partial charge on any atom is -0.373 e. The molecule has 124 valence electrons. The number of fused-ring (bicyclic) bond motifs is 1. The molecule has 4 rings (SSSR count). The third kappa shape index (κ3) is 2.71. The lowest BCUT2D eigenvalue weighted by Crippen LogP contribution is -2.21. The summed E-state index contributed by atoms with van der Waals surface area (Å²) in [4.78, 5) is 21.1. The zero-order valence-electron chi connectivity index (χ0n) is 13.7. The topological polar surface area (TPSA) is 74.3 Å². The molecule has 3 aromatic rings. The summed E-state index contributed by atoms with van der Waals surface area (Å²) in [5.41, 5.74) is 3.21. The van der Waals surface area contributed by atoms with Gasteiger partial charge in [-0.2, -0.15) is 5.10 Å². The largest absolute Gasteiger partial charge is 0.373 e. The van der Waals surface area contributed by atoms with E-state index in [1.165, 1.54) is 0 Å². The maximum absolute atomic E-state index is 12.2. The van der Waals surface area contributed by atoms with E-state index in [4.69, 9.17) is 4.74 Å². The lowest BCUT2D eigenvalue weighted by atomic mass is 9.90. The van der Waals surface area contributed by atoms with Gasteiger partial charge >= 0.3 is 0 Å². The molecule has 0 radical (unpaired) electrons. The lowest BCUT2D eigenvalue weighted by Gasteiger charge is -2.28. The number of rotatable bonds is 2. The molecule has 2 atom stereocenters. The van der Waals surface area contributed by atoms with Crippen molar-refractivity contribution >= 4 is 5.65 Å². The Morgan fingerprint density at radius 3 is 2.96 bits per heavy atom. The van der Waals surface area contributed by atoms with E-state index in [2.05, 4.69) is 15.1 Å². The van der Waals surface area contributed by atoms with Gasteiger partial charge in [0.15, 0.2) is 5.65 Å². The molecule has 3 aromatic heterocycles. The molecule has 0 saturated carbocycles. The van der Waals surface area contributed by atoms with Gasteiger partial charge in [-0.05, 0) is 19.8 Å². The molecule has 1 aliphatic rings. The predicted octanol–water partition coefficient (Wildman–Crippen LogP) is 1.77. The van der Waals surface area contributed by atoms with Gasteiger partial charge in [-0.15, -0.1) is 0 Å². The van der Waals surface area contributed by atoms with Gasteiger partial charge < -0.3 is 4.74 Å². The number of ether oxygens (including phenoxy) is 1. The van der Waals surface area contributed by atoms with Crippen LogP contribution in [-0.2, 0) is 11.8 Å². The van der Waals surface area contributed by atoms with Gasteiger partial charge in [-0.1, -0.05) is 0 Å². The summed E-state index contributed by atoms with van der Waals surface area (Å²) in [5.74, 6) is 0.251. The van der Waals surface area contributed by atoms with Crippen molar-refractivity contribution < 1.29 is 4.74 Å². The highest BCUT2D eigenvalue weighted by molar-refractivity contribution is 5.36. The first-order chi connectivity index (χ1) is 11.6. The first-order valence-corrected chi connectivity index (χ1v) is 8.06. The molecule has 1 saturated heterocycles. The molecule has 0 N–H and O–H groups in total. The van der Waals surface area contributed by atoms with Gasteiger partial charge in [-0.25, -0.2) is 4.98 Å². The van der Waals surface area contributed by atoms with E-state index in [1.807, 2.05) is 32.6 Å². The summed E-state index contributed by atoms with van der Waals surface area (Å²) in [7, 11) is 1.90. The number of hydrogen-bond acceptors (Lipinski definition) is 5. The van der Waals surface area contributed by atoms with Crippen molar-refractivity contribution in [1.82, 2.24) is 24.1 Å². The average Bonchev–Trinajstić information content (AvgIpc) is 3.01. The van der Waals surface area contributed by atoms with Crippen LogP contribution < -0.4 is 5.56 Å². The highest BCUT2D eigenvalue weighted by Gasteiger charge is 2.27. The number of aromatic nitrogens is 5. The van der Waals surface area contributed by atoms with Crippen LogP contribution in [0.1, 0.15) is 41.8 Å². The van der Waals surface area contributed by atoms with E-state index in [0.29, 0.717) is 17.9 Å². The second-order valence-electron chi connectivity index (χ2n) is 6.30. The van der Waals surface area contributed by atoms with Crippen LogP contribution >= 0.6 is 0 Å². The van der Waals surface area contributed by atoms with Crippen molar-refractivity contribution in [1.29, 1.82) is 0 Å². The van der Waals surface area contributed by atoms with Crippen molar-refractivity contribution in [2.75, 3.05) is 6.61 Å². The predicted molar refractivity (Wildman–Crippen MR) is 87.9 cm³/mol. The Morgan fingerprint density at radius 2 is 2.17 bits per heavy atom. The summed E-state index contributed by atoms with van der Waals surface area (Å²) in [6, 6.07) is 1.54. The third-order valence-corrected chi connectivity index (χ3v) is 4.50. The standard InChI is InChI=1S/C17H19N5O2/c1-11-5-17(23)22-10-14(18-8-16(22)20-11)12-3-4-24-15(6-12)13-7-19-21(2)9-13/h5,7-10,12,15H,3-4,6H2,1-2H3/t12-,15+/m0/s1. The molecule has 7 nitrogen and oxygen atoms in total. The van der Waals surface area contributed by atoms with Crippen molar-refractivity contribution in [2.24, 2.45) is 7.05 Å². The van der Waals surface area contributed by atoms with Crippen molar-refractivity contribution in [2.45, 2.75) is 31.8 Å². The zero-order valence-corrected chi connectivity index (χ0v) is 13.7. The van der Waals surface area contributed by atoms with E-state index >= 15 is 0 Å². The van der Waals surface area contributed by atoms with Gasteiger partial charge in [0, 0.05) is 49.3 Å². The second kappa shape index (κ2) is 5.83. The summed E-state index contributed by atoms with van der Waals surface area (Å²) in [6.07, 6.45) is 9.07. The Hall–Kier alpha value is -2.54. The number of aryl methyl sites for hydroxylation is 2. The number of nitrogens with zero attached hydrogens (tertiary/aromatic N) is 5. The molecule has 7 heteroatoms. The monoisotopic (exact) mass is 325 g/mol. The number of hydrogen-bond donors (Lipinski definition) is 0. The van der Waals surface area contributed by atoms with E-state index < -0.39 is 0 Å². The average molecular weight is 325 g/mol. The Labute approximate surface area is 138 Å². The van der Waals surface area contributed by atoms with E-state index in [9.17, 15) is 4.79 Å². The minimum atomic E-state index is -0.0722. The summed E-state index contributed by atoms with van der Waals surface area (Å²) < 4.78 is 9.25. The molecule has 0 unspecified atom stereocenters. The first-order valence-electron chi connectivity index (χ1n) is 8.06. The van der Waals surface area contributed by atoms with Crippen LogP contribution in [-0.4, -0.2) is 30.8 Å². The van der Waals surface area contributed by atoms with Crippen LogP contribution in [0.4, 0.5) is 0 Å². The van der Waals surface area contributed by atoms with Gasteiger partial charge in [0.25, 0.3) is 5.56 Å². The molecular weight excluding hydrogens is 306 g/mol. The quantitative estimate of drug-likeness (QED) is 0.718. The summed E-state index contributed by atoms with van der Waals surface area (Å²) >= 11 is 0. The van der Waals surface area contributed by atoms with Crippen LogP contribution in [0, 0.1) is 6.92 Å². The smallest absolute Gasteiger partial charge is 0.258 e. The van der Waals surface area contributed by atoms with E-state index in [0.717, 1.165) is 24.1 Å². The zero-order chi connectivity index (χ0) is 16.7. The van der Waals surface area contributed by atoms with Gasteiger partial charge in [0.1, 0.15) is 0 Å². The molecule has 1 fully saturated rings. The molecule has 24 heavy (non-hydrogen) atoms. The Kier molecular flexibility index (Phi) is 3.65. The fraction of sp³-hybridized carbons (Fsp3) is 0.412. The van der Waals surface area contributed by atoms with Gasteiger partial charge in [0.2, 0.25) is 0 Å². The van der Waals surface area contributed by atoms with E-state index in [-0.39, 0.29) is 17.6 Å². The SMILES string of the molecule is Cc1cc(=O)n2cc([C@H]3CCO[C@@H](c4cnn(C)c4)C3)ncc2n1. The van der Waals surface area contributed by atoms with Crippen LogP contribution in [0.3, 0.4) is 0 Å². The Bertz CT molecular complexity index is 946. The Balaban J connectivity index is 1.65. The maximum atomic E-state index is 12.2. The highest BCUT2D eigenvalue weighted by Crippen LogP contribution is 2.36. The van der Waals surface area contributed by atoms with Crippen molar-refractivity contribution in [3.63, 3.8) is 0 Å². The van der Waals surface area contributed by atoms with Crippen LogP contribution in [0.15, 0.2) is 35.6 Å². The molecule has 0 spiro atoms. The second-order valence-corrected chi connectivity index (χ2v) is 6.30. The third-order valence-electron chi connectivity index (χ3n) is 4.50. The molecular formula is C17H19N5O2. The van der Waals surface area contributed by atoms with Crippen LogP contribution in [0.2, 0.25) is 0 Å². The maximum Gasteiger partial charge on any atom is 0.258 e. The molecule has 4 heterocycles. The fourth-order valence-electron chi connectivity index (χ4n) is 3.26. The normalized spacial score (nSPS) is 21.2. The van der Waals surface area contributed by atoms with Gasteiger partial charge in [-0.3, -0.25) is 18.9 Å². The molecule has 0 aliphatic carbocycles. The lowest BCUT2D eigenvalue weighted by molar-refractivity contribution is 0.00454. The van der Waals surface area contributed by atoms with Crippen molar-refractivity contribution in [3.05, 3.63) is 58.2 Å². The molecule has 0 aromatic carbocycles. The highest BCUT2D eigenvalue weighted by atomic mass is 16.5. The van der Waals surface area contributed by atoms with Crippen LogP contribution in [0.5, 0.6) is 0 Å². The van der Waals surface area contributed by atoms with E-state index in [1.54, 1.807) is 21.3 Å². The van der Waals surface area contributed by atoms with Crippen LogP contribution in [0.25, 0.3) is 5.65 Å². The summed E-state index contributed by atoms with van der Waals surface area (Å²) in [5, 5.41) is 4.22. The van der Waals surface area contributed by atoms with Crippen molar-refractivity contribution in [3.8, 4) is 0 Å². The molecule has 1 aliphatic heterocycles.